The Hall–Kier alpha value is -1.78. The molecule has 0 radical (unpaired) electrons. The Bertz CT molecular complexity index is 748. The molecule has 1 aliphatic carbocycles. The summed E-state index contributed by atoms with van der Waals surface area (Å²) in [6.07, 6.45) is 12.2. The molecular formula is C18H19Cl2N3O. The zero-order valence-corrected chi connectivity index (χ0v) is 14.7. The van der Waals surface area contributed by atoms with Crippen LogP contribution in [-0.4, -0.2) is 16.7 Å². The van der Waals surface area contributed by atoms with Crippen molar-refractivity contribution >= 4 is 35.3 Å². The molecule has 1 aromatic carbocycles. The van der Waals surface area contributed by atoms with Gasteiger partial charge in [0.1, 0.15) is 0 Å². The lowest BCUT2D eigenvalue weighted by molar-refractivity contribution is 0.0955. The van der Waals surface area contributed by atoms with Gasteiger partial charge >= 0.3 is 0 Å². The molecule has 6 heteroatoms. The van der Waals surface area contributed by atoms with Crippen LogP contribution >= 0.6 is 23.2 Å². The van der Waals surface area contributed by atoms with Gasteiger partial charge in [0.25, 0.3) is 5.91 Å². The molecule has 0 spiro atoms. The Morgan fingerprint density at radius 3 is 2.75 bits per heavy atom. The zero-order valence-electron chi connectivity index (χ0n) is 13.2. The average Bonchev–Trinajstić information content (AvgIpc) is 3.04. The topological polar surface area (TPSA) is 46.4 Å². The fourth-order valence-corrected chi connectivity index (χ4v) is 3.51. The Kier molecular flexibility index (Phi) is 5.59. The quantitative estimate of drug-likeness (QED) is 0.598. The summed E-state index contributed by atoms with van der Waals surface area (Å²) in [5.74, 6) is -0.361. The van der Waals surface area contributed by atoms with E-state index in [0.717, 1.165) is 5.56 Å². The van der Waals surface area contributed by atoms with Crippen molar-refractivity contribution in [2.75, 3.05) is 0 Å². The molecular weight excluding hydrogens is 345 g/mol. The molecule has 1 N–H and O–H groups in total. The number of benzene rings is 1. The van der Waals surface area contributed by atoms with E-state index in [1.165, 1.54) is 38.2 Å². The molecule has 3 rings (SSSR count). The zero-order chi connectivity index (χ0) is 16.9. The van der Waals surface area contributed by atoms with Crippen molar-refractivity contribution in [1.82, 2.24) is 9.99 Å². The predicted molar refractivity (Wildman–Crippen MR) is 98.1 cm³/mol. The third-order valence-corrected chi connectivity index (χ3v) is 4.84. The summed E-state index contributed by atoms with van der Waals surface area (Å²) >= 11 is 11.8. The van der Waals surface area contributed by atoms with Gasteiger partial charge in [-0.15, -0.1) is 0 Å². The summed E-state index contributed by atoms with van der Waals surface area (Å²) < 4.78 is 2.25. The lowest BCUT2D eigenvalue weighted by Crippen LogP contribution is -2.18. The van der Waals surface area contributed by atoms with Crippen LogP contribution in [0.4, 0.5) is 0 Å². The Morgan fingerprint density at radius 2 is 2.00 bits per heavy atom. The smallest absolute Gasteiger partial charge is 0.272 e. The summed E-state index contributed by atoms with van der Waals surface area (Å²) in [4.78, 5) is 12.1. The number of halogens is 2. The number of amides is 1. The van der Waals surface area contributed by atoms with E-state index in [-0.39, 0.29) is 5.91 Å². The first kappa shape index (κ1) is 17.1. The first-order valence-corrected chi connectivity index (χ1v) is 8.85. The van der Waals surface area contributed by atoms with Crippen LogP contribution in [0.1, 0.15) is 54.1 Å². The van der Waals surface area contributed by atoms with Crippen LogP contribution in [0, 0.1) is 0 Å². The third-order valence-electron chi connectivity index (χ3n) is 4.29. The van der Waals surface area contributed by atoms with Crippen molar-refractivity contribution < 1.29 is 4.79 Å². The highest BCUT2D eigenvalue weighted by atomic mass is 35.5. The molecule has 1 heterocycles. The number of carbonyl (C=O) groups excluding carboxylic acids is 1. The van der Waals surface area contributed by atoms with Crippen molar-refractivity contribution in [2.24, 2.45) is 5.10 Å². The van der Waals surface area contributed by atoms with Gasteiger partial charge in [-0.05, 0) is 37.1 Å². The minimum absolute atomic E-state index is 0.304. The van der Waals surface area contributed by atoms with E-state index in [0.29, 0.717) is 21.7 Å². The van der Waals surface area contributed by atoms with E-state index in [1.54, 1.807) is 18.3 Å². The second-order valence-corrected chi connectivity index (χ2v) is 6.85. The molecule has 2 aromatic rings. The van der Waals surface area contributed by atoms with Gasteiger partial charge < -0.3 is 4.57 Å². The summed E-state index contributed by atoms with van der Waals surface area (Å²) in [6.45, 7) is 0. The second kappa shape index (κ2) is 7.86. The Labute approximate surface area is 151 Å². The number of hydrogen-bond donors (Lipinski definition) is 1. The van der Waals surface area contributed by atoms with E-state index in [9.17, 15) is 4.79 Å². The molecule has 0 unspecified atom stereocenters. The minimum Gasteiger partial charge on any atom is -0.351 e. The molecule has 1 aromatic heterocycles. The Morgan fingerprint density at radius 1 is 1.21 bits per heavy atom. The molecule has 24 heavy (non-hydrogen) atoms. The third kappa shape index (κ3) is 4.19. The molecule has 1 aliphatic rings. The number of hydrogen-bond acceptors (Lipinski definition) is 2. The molecule has 4 nitrogen and oxygen atoms in total. The molecule has 0 aliphatic heterocycles. The van der Waals surface area contributed by atoms with Crippen LogP contribution in [0.15, 0.2) is 41.8 Å². The number of hydrazone groups is 1. The SMILES string of the molecule is O=C(N/N=C\c1ccn(C2CCCCC2)c1)c1ccc(Cl)cc1Cl. The normalized spacial score (nSPS) is 15.8. The maximum absolute atomic E-state index is 12.1. The molecule has 0 atom stereocenters. The maximum Gasteiger partial charge on any atom is 0.272 e. The van der Waals surface area contributed by atoms with E-state index < -0.39 is 0 Å². The van der Waals surface area contributed by atoms with Gasteiger partial charge in [-0.2, -0.15) is 5.10 Å². The van der Waals surface area contributed by atoms with E-state index in [2.05, 4.69) is 27.5 Å². The van der Waals surface area contributed by atoms with Gasteiger partial charge in [-0.1, -0.05) is 42.5 Å². The van der Waals surface area contributed by atoms with Crippen LogP contribution < -0.4 is 5.43 Å². The standard InChI is InChI=1S/C18H19Cl2N3O/c19-14-6-7-16(17(20)10-14)18(24)22-21-11-13-8-9-23(12-13)15-4-2-1-3-5-15/h6-12,15H,1-5H2,(H,22,24)/b21-11-. The number of rotatable bonds is 4. The summed E-state index contributed by atoms with van der Waals surface area (Å²) in [6, 6.07) is 7.32. The number of aromatic nitrogens is 1. The Balaban J connectivity index is 1.60. The first-order valence-electron chi connectivity index (χ1n) is 8.09. The second-order valence-electron chi connectivity index (χ2n) is 6.01. The van der Waals surface area contributed by atoms with Crippen molar-refractivity contribution in [2.45, 2.75) is 38.1 Å². The molecule has 1 saturated carbocycles. The summed E-state index contributed by atoms with van der Waals surface area (Å²) in [7, 11) is 0. The van der Waals surface area contributed by atoms with Crippen LogP contribution in [0.5, 0.6) is 0 Å². The maximum atomic E-state index is 12.1. The lowest BCUT2D eigenvalue weighted by Gasteiger charge is -2.23. The van der Waals surface area contributed by atoms with E-state index in [1.807, 2.05) is 6.07 Å². The predicted octanol–water partition coefficient (Wildman–Crippen LogP) is 5.06. The summed E-state index contributed by atoms with van der Waals surface area (Å²) in [5, 5.41) is 4.80. The fraction of sp³-hybridized carbons (Fsp3) is 0.333. The number of carbonyl (C=O) groups is 1. The van der Waals surface area contributed by atoms with Crippen LogP contribution in [0.2, 0.25) is 10.0 Å². The van der Waals surface area contributed by atoms with Crippen molar-refractivity contribution in [3.05, 3.63) is 57.8 Å². The molecule has 126 valence electrons. The largest absolute Gasteiger partial charge is 0.351 e. The molecule has 0 saturated heterocycles. The van der Waals surface area contributed by atoms with Gasteiger partial charge in [0.15, 0.2) is 0 Å². The van der Waals surface area contributed by atoms with Gasteiger partial charge in [-0.25, -0.2) is 5.43 Å². The van der Waals surface area contributed by atoms with Crippen molar-refractivity contribution in [1.29, 1.82) is 0 Å². The number of nitrogens with one attached hydrogen (secondary N) is 1. The van der Waals surface area contributed by atoms with Crippen LogP contribution in [0.3, 0.4) is 0 Å². The highest BCUT2D eigenvalue weighted by Gasteiger charge is 2.14. The lowest BCUT2D eigenvalue weighted by atomic mass is 9.95. The van der Waals surface area contributed by atoms with Gasteiger partial charge in [0.05, 0.1) is 16.8 Å². The van der Waals surface area contributed by atoms with Crippen molar-refractivity contribution in [3.8, 4) is 0 Å². The van der Waals surface area contributed by atoms with E-state index in [4.69, 9.17) is 23.2 Å². The summed E-state index contributed by atoms with van der Waals surface area (Å²) in [5.41, 5.74) is 3.80. The molecule has 1 fully saturated rings. The molecule has 1 amide bonds. The number of nitrogens with zero attached hydrogens (tertiary/aromatic N) is 2. The van der Waals surface area contributed by atoms with Gasteiger partial charge in [0, 0.05) is 29.0 Å². The average molecular weight is 364 g/mol. The van der Waals surface area contributed by atoms with Crippen LogP contribution in [0.25, 0.3) is 0 Å². The minimum atomic E-state index is -0.361. The van der Waals surface area contributed by atoms with Gasteiger partial charge in [0.2, 0.25) is 0 Å². The monoisotopic (exact) mass is 363 g/mol. The highest BCUT2D eigenvalue weighted by molar-refractivity contribution is 6.36. The van der Waals surface area contributed by atoms with Crippen molar-refractivity contribution in [3.63, 3.8) is 0 Å². The van der Waals surface area contributed by atoms with Crippen LogP contribution in [-0.2, 0) is 0 Å². The molecule has 0 bridgehead atoms. The highest BCUT2D eigenvalue weighted by Crippen LogP contribution is 2.28. The first-order chi connectivity index (χ1) is 11.6. The fourth-order valence-electron chi connectivity index (χ4n) is 3.01. The van der Waals surface area contributed by atoms with Gasteiger partial charge in [-0.3, -0.25) is 4.79 Å². The van der Waals surface area contributed by atoms with E-state index >= 15 is 0 Å².